The molecular formula is C21H42O2Si2. The van der Waals surface area contributed by atoms with Gasteiger partial charge in [-0.25, -0.2) is 0 Å². The van der Waals surface area contributed by atoms with Crippen LogP contribution in [0.5, 0.6) is 0 Å². The third-order valence-electron chi connectivity index (χ3n) is 6.52. The maximum absolute atomic E-state index is 6.65. The molecule has 0 radical (unpaired) electrons. The summed E-state index contributed by atoms with van der Waals surface area (Å²) in [6.45, 7) is 28.1. The lowest BCUT2D eigenvalue weighted by atomic mass is 9.88. The maximum atomic E-state index is 6.65. The van der Waals surface area contributed by atoms with E-state index >= 15 is 0 Å². The second kappa shape index (κ2) is 7.83. The van der Waals surface area contributed by atoms with Crippen molar-refractivity contribution in [2.24, 2.45) is 0 Å². The Morgan fingerprint density at radius 1 is 1.00 bits per heavy atom. The molecule has 1 unspecified atom stereocenters. The first-order valence-electron chi connectivity index (χ1n) is 9.76. The lowest BCUT2D eigenvalue weighted by molar-refractivity contribution is 0.164. The molecule has 0 heterocycles. The molecule has 146 valence electrons. The fraction of sp³-hybridized carbons (Fsp3) is 0.810. The van der Waals surface area contributed by atoms with Crippen LogP contribution in [0, 0.1) is 0 Å². The topological polar surface area (TPSA) is 18.5 Å². The Hall–Kier alpha value is -0.166. The minimum Gasteiger partial charge on any atom is -0.414 e. The molecule has 1 aliphatic carbocycles. The van der Waals surface area contributed by atoms with Crippen molar-refractivity contribution in [2.75, 3.05) is 6.61 Å². The monoisotopic (exact) mass is 382 g/mol. The van der Waals surface area contributed by atoms with Gasteiger partial charge < -0.3 is 8.85 Å². The van der Waals surface area contributed by atoms with E-state index in [1.54, 1.807) is 0 Å². The van der Waals surface area contributed by atoms with Crippen LogP contribution in [0.1, 0.15) is 60.8 Å². The van der Waals surface area contributed by atoms with Crippen LogP contribution in [-0.4, -0.2) is 29.3 Å². The molecule has 0 aromatic carbocycles. The second-order valence-corrected chi connectivity index (χ2v) is 20.2. The quantitative estimate of drug-likeness (QED) is 0.473. The molecule has 4 heteroatoms. The van der Waals surface area contributed by atoms with E-state index in [1.807, 2.05) is 0 Å². The molecule has 2 nitrogen and oxygen atoms in total. The molecule has 1 fully saturated rings. The van der Waals surface area contributed by atoms with Gasteiger partial charge in [-0.15, -0.1) is 0 Å². The molecule has 1 rings (SSSR count). The molecule has 0 N–H and O–H groups in total. The van der Waals surface area contributed by atoms with Crippen LogP contribution in [0.25, 0.3) is 0 Å². The summed E-state index contributed by atoms with van der Waals surface area (Å²) in [5, 5.41) is 0.514. The molecule has 0 bridgehead atoms. The fourth-order valence-electron chi connectivity index (χ4n) is 2.48. The van der Waals surface area contributed by atoms with E-state index in [0.717, 1.165) is 19.3 Å². The average molecular weight is 383 g/mol. The van der Waals surface area contributed by atoms with Gasteiger partial charge in [-0.1, -0.05) is 59.8 Å². The van der Waals surface area contributed by atoms with Crippen LogP contribution in [0.4, 0.5) is 0 Å². The summed E-state index contributed by atoms with van der Waals surface area (Å²) in [5.41, 5.74) is 2.63. The molecule has 0 saturated heterocycles. The van der Waals surface area contributed by atoms with Crippen molar-refractivity contribution in [3.05, 3.63) is 23.8 Å². The summed E-state index contributed by atoms with van der Waals surface area (Å²) >= 11 is 0. The van der Waals surface area contributed by atoms with Gasteiger partial charge in [0.2, 0.25) is 0 Å². The fourth-order valence-corrected chi connectivity index (χ4v) is 4.80. The first kappa shape index (κ1) is 22.9. The minimum absolute atomic E-state index is 0.253. The molecular weight excluding hydrogens is 340 g/mol. The van der Waals surface area contributed by atoms with E-state index in [9.17, 15) is 0 Å². The van der Waals surface area contributed by atoms with Crippen LogP contribution in [0.15, 0.2) is 23.8 Å². The van der Waals surface area contributed by atoms with Gasteiger partial charge in [-0.2, -0.15) is 0 Å². The highest BCUT2D eigenvalue weighted by Crippen LogP contribution is 2.40. The number of rotatable bonds is 5. The minimum atomic E-state index is -1.71. The highest BCUT2D eigenvalue weighted by Gasteiger charge is 2.40. The zero-order valence-corrected chi connectivity index (χ0v) is 20.5. The van der Waals surface area contributed by atoms with Gasteiger partial charge in [0, 0.05) is 6.10 Å². The summed E-state index contributed by atoms with van der Waals surface area (Å²) in [4.78, 5) is 0. The highest BCUT2D eigenvalue weighted by atomic mass is 28.4. The molecule has 0 aromatic heterocycles. The van der Waals surface area contributed by atoms with Crippen LogP contribution in [-0.2, 0) is 8.85 Å². The Bertz CT molecular complexity index is 505. The number of hydrogen-bond acceptors (Lipinski definition) is 2. The molecule has 0 amide bonds. The van der Waals surface area contributed by atoms with Gasteiger partial charge in [0.1, 0.15) is 0 Å². The van der Waals surface area contributed by atoms with Crippen LogP contribution < -0.4 is 0 Å². The molecule has 1 atom stereocenters. The Kier molecular flexibility index (Phi) is 7.17. The summed E-state index contributed by atoms with van der Waals surface area (Å²) in [7, 11) is -3.40. The molecule has 0 aromatic rings. The Balaban J connectivity index is 2.73. The Morgan fingerprint density at radius 2 is 1.52 bits per heavy atom. The van der Waals surface area contributed by atoms with Crippen molar-refractivity contribution in [3.63, 3.8) is 0 Å². The number of hydrogen-bond donors (Lipinski definition) is 0. The zero-order chi connectivity index (χ0) is 19.7. The molecule has 25 heavy (non-hydrogen) atoms. The first-order valence-corrected chi connectivity index (χ1v) is 15.6. The van der Waals surface area contributed by atoms with Crippen molar-refractivity contribution >= 4 is 16.6 Å². The maximum Gasteiger partial charge on any atom is 0.192 e. The summed E-state index contributed by atoms with van der Waals surface area (Å²) in [5.74, 6) is 0. The molecule has 1 aliphatic rings. The van der Waals surface area contributed by atoms with Gasteiger partial charge in [0.25, 0.3) is 0 Å². The van der Waals surface area contributed by atoms with Crippen molar-refractivity contribution in [3.8, 4) is 0 Å². The van der Waals surface area contributed by atoms with Gasteiger partial charge in [-0.05, 0) is 61.1 Å². The van der Waals surface area contributed by atoms with Gasteiger partial charge in [-0.3, -0.25) is 0 Å². The normalized spacial score (nSPS) is 22.6. The lowest BCUT2D eigenvalue weighted by Crippen LogP contribution is -2.44. The molecule has 1 saturated carbocycles. The highest BCUT2D eigenvalue weighted by molar-refractivity contribution is 6.74. The predicted octanol–water partition coefficient (Wildman–Crippen LogP) is 7.07. The van der Waals surface area contributed by atoms with E-state index in [2.05, 4.69) is 80.4 Å². The standard InChI is InChI=1S/C21H42O2Si2/c1-17-12-13-19(23-25(10,11)21(5,6)7)16-18(17)14-15-22-24(8,9)20(2,3)4/h14,19H,1,12-13,15-16H2,2-11H3. The van der Waals surface area contributed by atoms with Crippen LogP contribution >= 0.6 is 0 Å². The van der Waals surface area contributed by atoms with Crippen molar-refractivity contribution < 1.29 is 8.85 Å². The summed E-state index contributed by atoms with van der Waals surface area (Å²) in [6.07, 6.45) is 5.75. The van der Waals surface area contributed by atoms with Crippen molar-refractivity contribution in [1.82, 2.24) is 0 Å². The third-order valence-corrected chi connectivity index (χ3v) is 15.6. The second-order valence-electron chi connectivity index (χ2n) is 10.6. The summed E-state index contributed by atoms with van der Waals surface area (Å²) < 4.78 is 13.0. The SMILES string of the molecule is C=C1CCC(O[Si](C)(C)C(C)(C)C)CC1=CCO[Si](C)(C)C(C)(C)C. The van der Waals surface area contributed by atoms with Gasteiger partial charge in [0.15, 0.2) is 16.6 Å². The van der Waals surface area contributed by atoms with Gasteiger partial charge in [0.05, 0.1) is 6.61 Å². The van der Waals surface area contributed by atoms with Gasteiger partial charge >= 0.3 is 0 Å². The first-order chi connectivity index (χ1) is 11.1. The Labute approximate surface area is 159 Å². The Morgan fingerprint density at radius 3 is 2.00 bits per heavy atom. The van der Waals surface area contributed by atoms with Crippen molar-refractivity contribution in [1.29, 1.82) is 0 Å². The average Bonchev–Trinajstić information content (AvgIpc) is 2.39. The van der Waals surface area contributed by atoms with E-state index in [-0.39, 0.29) is 10.1 Å². The molecule has 0 spiro atoms. The van der Waals surface area contributed by atoms with E-state index in [1.165, 1.54) is 11.1 Å². The smallest absolute Gasteiger partial charge is 0.192 e. The zero-order valence-electron chi connectivity index (χ0n) is 18.5. The van der Waals surface area contributed by atoms with E-state index in [4.69, 9.17) is 8.85 Å². The predicted molar refractivity (Wildman–Crippen MR) is 116 cm³/mol. The van der Waals surface area contributed by atoms with E-state index < -0.39 is 16.6 Å². The summed E-state index contributed by atoms with van der Waals surface area (Å²) in [6, 6.07) is 0. The molecule has 0 aliphatic heterocycles. The van der Waals surface area contributed by atoms with Crippen LogP contribution in [0.2, 0.25) is 36.3 Å². The lowest BCUT2D eigenvalue weighted by Gasteiger charge is -2.41. The largest absolute Gasteiger partial charge is 0.414 e. The number of allylic oxidation sites excluding steroid dienone is 1. The van der Waals surface area contributed by atoms with E-state index in [0.29, 0.717) is 12.7 Å². The van der Waals surface area contributed by atoms with Crippen LogP contribution in [0.3, 0.4) is 0 Å². The third kappa shape index (κ3) is 6.19. The van der Waals surface area contributed by atoms with Crippen molar-refractivity contribution in [2.45, 2.75) is 103 Å².